The minimum absolute atomic E-state index is 0.107. The lowest BCUT2D eigenvalue weighted by Gasteiger charge is -2.61. The first kappa shape index (κ1) is 41.4. The molecule has 1 saturated carbocycles. The highest BCUT2D eigenvalue weighted by molar-refractivity contribution is 9.10. The maximum Gasteiger partial charge on any atom is 0.344 e. The van der Waals surface area contributed by atoms with E-state index in [-0.39, 0.29) is 12.0 Å². The number of anilines is 1. The number of aliphatic hydroxyl groups is 2. The number of carbonyl (C=O) groups excluding carboxylic acids is 3. The number of ether oxygens (including phenoxy) is 4. The predicted molar refractivity (Wildman–Crippen MR) is 227 cm³/mol. The fourth-order valence-electron chi connectivity index (χ4n) is 13.8. The van der Waals surface area contributed by atoms with E-state index < -0.39 is 57.5 Å². The number of hydrogen-bond acceptors (Lipinski definition) is 11. The molecular formula is C46H58BrN4O9+. The van der Waals surface area contributed by atoms with E-state index >= 15 is 4.79 Å². The van der Waals surface area contributed by atoms with Crippen LogP contribution in [0.2, 0.25) is 0 Å². The molecule has 1 aliphatic carbocycles. The molecule has 9 rings (SSSR count). The van der Waals surface area contributed by atoms with Gasteiger partial charge in [0.1, 0.15) is 17.2 Å². The summed E-state index contributed by atoms with van der Waals surface area (Å²) in [7, 11) is 6.17. The topological polar surface area (TPSA) is 155 Å². The van der Waals surface area contributed by atoms with Crippen molar-refractivity contribution in [2.24, 2.45) is 11.3 Å². The van der Waals surface area contributed by atoms with Crippen molar-refractivity contribution in [3.8, 4) is 5.75 Å². The molecule has 11 atom stereocenters. The molecule has 14 heteroatoms. The normalized spacial score (nSPS) is 37.5. The molecule has 2 saturated heterocycles. The van der Waals surface area contributed by atoms with Gasteiger partial charge in [-0.1, -0.05) is 41.9 Å². The SMILES string of the molecule is CC[C@@]1(O)C[C@@H]2CN(CCc3c([nH]c4cc(Br)ccc34)[C@@](C(=O)OC)(c3cc4c(cc3OC)N(C)[C@H]3[C@@](O)(C(=O)OC)[C@H](OC(C)=O)[C@]5(CC)C=CC[NH+]6CC[C@]43[C@@H]65)C2)C1. The molecular weight excluding hydrogens is 832 g/mol. The number of rotatable bonds is 7. The Kier molecular flexibility index (Phi) is 9.87. The lowest BCUT2D eigenvalue weighted by molar-refractivity contribution is -0.920. The monoisotopic (exact) mass is 889 g/mol. The molecule has 3 fully saturated rings. The smallest absolute Gasteiger partial charge is 0.344 e. The quantitative estimate of drug-likeness (QED) is 0.157. The first-order chi connectivity index (χ1) is 28.6. The number of hydrogen-bond donors (Lipinski definition) is 4. The summed E-state index contributed by atoms with van der Waals surface area (Å²) in [6.45, 7) is 8.78. The van der Waals surface area contributed by atoms with Gasteiger partial charge in [0.05, 0.1) is 56.9 Å². The standard InChI is InChI=1S/C46H57BrN4O9/c1-8-42(55)22-27-23-45(40(53)58-6,36-30(13-17-50(24-27)25-42)29-12-11-28(47)19-33(29)48-36)32-20-31-34(21-35(32)57-5)49(4)38-44(31)15-18-51-16-10-14-43(9-2,37(44)51)39(60-26(3)52)46(38,56)41(54)59-7/h10-12,14,19-21,27,37-39,48,55-56H,8-9,13,15-18,22-25H2,1-7H3/p+1/t27-,37-,38+,39+,42+,43+,44+,45-,46-/m0/s1. The molecule has 3 aromatic rings. The van der Waals surface area contributed by atoms with Crippen molar-refractivity contribution in [3.63, 3.8) is 0 Å². The summed E-state index contributed by atoms with van der Waals surface area (Å²) in [4.78, 5) is 52.2. The van der Waals surface area contributed by atoms with E-state index in [2.05, 4.69) is 50.1 Å². The van der Waals surface area contributed by atoms with Gasteiger partial charge in [0.2, 0.25) is 5.60 Å². The second-order valence-corrected chi connectivity index (χ2v) is 19.4. The number of likely N-dealkylation sites (N-methyl/N-ethyl adjacent to an activating group) is 1. The van der Waals surface area contributed by atoms with Crippen LogP contribution in [0.1, 0.15) is 75.3 Å². The van der Waals surface area contributed by atoms with Crippen molar-refractivity contribution in [1.29, 1.82) is 0 Å². The van der Waals surface area contributed by atoms with E-state index in [0.717, 1.165) is 51.0 Å². The zero-order chi connectivity index (χ0) is 42.7. The molecule has 4 N–H and O–H groups in total. The summed E-state index contributed by atoms with van der Waals surface area (Å²) in [5.74, 6) is -1.57. The average molecular weight is 891 g/mol. The molecule has 2 aromatic carbocycles. The highest BCUT2D eigenvalue weighted by Crippen LogP contribution is 2.65. The second-order valence-electron chi connectivity index (χ2n) is 18.5. The van der Waals surface area contributed by atoms with Gasteiger partial charge in [-0.15, -0.1) is 0 Å². The molecule has 60 heavy (non-hydrogen) atoms. The first-order valence-corrected chi connectivity index (χ1v) is 22.2. The zero-order valence-electron chi connectivity index (χ0n) is 35.7. The molecule has 13 nitrogen and oxygen atoms in total. The van der Waals surface area contributed by atoms with Crippen molar-refractivity contribution in [3.05, 3.63) is 69.3 Å². The minimum atomic E-state index is -2.29. The highest BCUT2D eigenvalue weighted by Gasteiger charge is 2.82. The van der Waals surface area contributed by atoms with Gasteiger partial charge in [-0.3, -0.25) is 14.5 Å². The molecule has 1 aromatic heterocycles. The van der Waals surface area contributed by atoms with Crippen LogP contribution in [-0.2, 0) is 45.8 Å². The van der Waals surface area contributed by atoms with Gasteiger partial charge in [0.25, 0.3) is 0 Å². The van der Waals surface area contributed by atoms with E-state index in [0.29, 0.717) is 69.5 Å². The number of carbonyl (C=O) groups is 3. The van der Waals surface area contributed by atoms with E-state index in [1.165, 1.54) is 26.0 Å². The molecule has 6 heterocycles. The van der Waals surface area contributed by atoms with Crippen LogP contribution in [0.4, 0.5) is 5.69 Å². The fraction of sp³-hybridized carbons (Fsp3) is 0.587. The maximum atomic E-state index is 15.4. The van der Waals surface area contributed by atoms with Crippen LogP contribution in [0.5, 0.6) is 5.75 Å². The van der Waals surface area contributed by atoms with Crippen LogP contribution >= 0.6 is 15.9 Å². The molecule has 2 unspecified atom stereocenters. The van der Waals surface area contributed by atoms with Crippen LogP contribution in [0, 0.1) is 11.3 Å². The Morgan fingerprint density at radius 3 is 2.47 bits per heavy atom. The number of H-pyrrole nitrogens is 1. The third-order valence-electron chi connectivity index (χ3n) is 15.8. The molecule has 0 amide bonds. The van der Waals surface area contributed by atoms with Gasteiger partial charge >= 0.3 is 17.9 Å². The number of piperidine rings is 1. The number of quaternary nitrogens is 1. The first-order valence-electron chi connectivity index (χ1n) is 21.4. The third-order valence-corrected chi connectivity index (χ3v) is 16.3. The average Bonchev–Trinajstić information content (AvgIpc) is 3.89. The Labute approximate surface area is 359 Å². The molecule has 2 bridgehead atoms. The lowest BCUT2D eigenvalue weighted by atomic mass is 9.47. The summed E-state index contributed by atoms with van der Waals surface area (Å²) in [5.41, 5.74) is -1.61. The fourth-order valence-corrected chi connectivity index (χ4v) is 14.1. The van der Waals surface area contributed by atoms with E-state index in [9.17, 15) is 19.8 Å². The molecule has 6 aliphatic rings. The Morgan fingerprint density at radius 2 is 1.78 bits per heavy atom. The van der Waals surface area contributed by atoms with Crippen LogP contribution in [0.15, 0.2) is 47.0 Å². The van der Waals surface area contributed by atoms with Crippen LogP contribution in [-0.4, -0.2) is 128 Å². The predicted octanol–water partition coefficient (Wildman–Crippen LogP) is 3.34. The minimum Gasteiger partial charge on any atom is -0.496 e. The summed E-state index contributed by atoms with van der Waals surface area (Å²) >= 11 is 3.68. The third kappa shape index (κ3) is 5.39. The van der Waals surface area contributed by atoms with Crippen molar-refractivity contribution in [2.45, 2.75) is 99.5 Å². The summed E-state index contributed by atoms with van der Waals surface area (Å²) in [5, 5.41) is 26.4. The number of aromatic nitrogens is 1. The number of nitrogens with zero attached hydrogens (tertiary/aromatic N) is 2. The van der Waals surface area contributed by atoms with Crippen molar-refractivity contribution >= 4 is 50.4 Å². The number of esters is 3. The van der Waals surface area contributed by atoms with Crippen molar-refractivity contribution in [1.82, 2.24) is 9.88 Å². The number of fused-ring (bicyclic) bond motifs is 6. The number of nitrogens with one attached hydrogen (secondary N) is 2. The number of halogens is 1. The van der Waals surface area contributed by atoms with Crippen molar-refractivity contribution in [2.75, 3.05) is 66.0 Å². The Morgan fingerprint density at radius 1 is 1.02 bits per heavy atom. The van der Waals surface area contributed by atoms with Gasteiger partial charge in [0, 0.05) is 78.4 Å². The van der Waals surface area contributed by atoms with Gasteiger partial charge in [-0.2, -0.15) is 0 Å². The van der Waals surface area contributed by atoms with Gasteiger partial charge in [0.15, 0.2) is 6.10 Å². The Bertz CT molecular complexity index is 2320. The van der Waals surface area contributed by atoms with Gasteiger partial charge < -0.3 is 43.9 Å². The molecule has 0 radical (unpaired) electrons. The van der Waals surface area contributed by atoms with E-state index in [1.807, 2.05) is 44.0 Å². The lowest BCUT2D eigenvalue weighted by Crippen LogP contribution is -3.18. The zero-order valence-corrected chi connectivity index (χ0v) is 37.2. The van der Waals surface area contributed by atoms with Gasteiger partial charge in [-0.05, 0) is 73.4 Å². The summed E-state index contributed by atoms with van der Waals surface area (Å²) in [6.07, 6.45) is 6.03. The molecule has 5 aliphatic heterocycles. The van der Waals surface area contributed by atoms with Crippen molar-refractivity contribution < 1.29 is 48.4 Å². The number of aromatic amines is 1. The second kappa shape index (κ2) is 14.3. The molecule has 322 valence electrons. The largest absolute Gasteiger partial charge is 0.496 e. The number of benzene rings is 2. The Hall–Kier alpha value is -3.95. The molecule has 1 spiro atoms. The van der Waals surface area contributed by atoms with Crippen LogP contribution in [0.3, 0.4) is 0 Å². The van der Waals surface area contributed by atoms with Crippen LogP contribution in [0.25, 0.3) is 10.9 Å². The maximum absolute atomic E-state index is 15.4. The highest BCUT2D eigenvalue weighted by atomic mass is 79.9. The van der Waals surface area contributed by atoms with Crippen LogP contribution < -0.4 is 14.5 Å². The van der Waals surface area contributed by atoms with Gasteiger partial charge in [-0.25, -0.2) is 4.79 Å². The summed E-state index contributed by atoms with van der Waals surface area (Å²) < 4.78 is 24.9. The van der Waals surface area contributed by atoms with E-state index in [1.54, 1.807) is 7.11 Å². The Balaban J connectivity index is 1.37. The number of methoxy groups -OCH3 is 3. The van der Waals surface area contributed by atoms with E-state index in [4.69, 9.17) is 18.9 Å². The summed E-state index contributed by atoms with van der Waals surface area (Å²) in [6, 6.07) is 9.07.